The molecule has 8 heteroatoms. The highest BCUT2D eigenvalue weighted by Gasteiger charge is 2.19. The van der Waals surface area contributed by atoms with Gasteiger partial charge in [0.15, 0.2) is 11.0 Å². The molecule has 4 aromatic carbocycles. The number of hydrazone groups is 1. The predicted octanol–water partition coefficient (Wildman–Crippen LogP) is 6.64. The van der Waals surface area contributed by atoms with E-state index in [1.807, 2.05) is 66.1 Å². The Hall–Kier alpha value is -4.43. The average Bonchev–Trinajstić information content (AvgIpc) is 3.37. The van der Waals surface area contributed by atoms with Gasteiger partial charge < -0.3 is 5.11 Å². The third-order valence-corrected chi connectivity index (χ3v) is 7.53. The number of aromatic hydroxyl groups is 1. The molecule has 0 fully saturated rings. The third-order valence-electron chi connectivity index (χ3n) is 6.60. The Kier molecular flexibility index (Phi) is 7.71. The summed E-state index contributed by atoms with van der Waals surface area (Å²) in [5, 5.41) is 25.8. The summed E-state index contributed by atoms with van der Waals surface area (Å²) in [5.74, 6) is 0.596. The molecule has 1 amide bonds. The molecule has 1 aromatic heterocycles. The van der Waals surface area contributed by atoms with Gasteiger partial charge in [-0.25, -0.2) is 5.43 Å². The third kappa shape index (κ3) is 5.92. The topological polar surface area (TPSA) is 92.4 Å². The second-order valence-electron chi connectivity index (χ2n) is 10.6. The number of phenolic OH excluding ortho intramolecular Hbond substituents is 1. The van der Waals surface area contributed by atoms with Crippen LogP contribution >= 0.6 is 11.8 Å². The van der Waals surface area contributed by atoms with E-state index >= 15 is 0 Å². The highest BCUT2D eigenvalue weighted by molar-refractivity contribution is 7.99. The number of fused-ring (bicyclic) bond motifs is 1. The monoisotopic (exact) mass is 549 g/mol. The average molecular weight is 550 g/mol. The van der Waals surface area contributed by atoms with Crippen LogP contribution in [0.25, 0.3) is 27.8 Å². The van der Waals surface area contributed by atoms with Gasteiger partial charge in [0.2, 0.25) is 0 Å². The van der Waals surface area contributed by atoms with Gasteiger partial charge in [0.1, 0.15) is 5.75 Å². The summed E-state index contributed by atoms with van der Waals surface area (Å²) in [6.45, 7) is 8.60. The van der Waals surface area contributed by atoms with Crippen molar-refractivity contribution < 1.29 is 9.90 Å². The number of phenols is 1. The van der Waals surface area contributed by atoms with Crippen molar-refractivity contribution in [3.05, 3.63) is 102 Å². The number of carbonyl (C=O) groups is 1. The number of benzene rings is 4. The molecule has 0 bridgehead atoms. The number of hydrogen-bond acceptors (Lipinski definition) is 6. The number of nitrogens with zero attached hydrogens (tertiary/aromatic N) is 4. The molecule has 0 atom stereocenters. The Balaban J connectivity index is 1.35. The summed E-state index contributed by atoms with van der Waals surface area (Å²) in [6, 6.07) is 27.6. The number of aromatic nitrogens is 3. The minimum atomic E-state index is -0.296. The van der Waals surface area contributed by atoms with E-state index in [-0.39, 0.29) is 22.8 Å². The van der Waals surface area contributed by atoms with Crippen LogP contribution in [0.1, 0.15) is 37.5 Å². The molecule has 0 saturated heterocycles. The summed E-state index contributed by atoms with van der Waals surface area (Å²) in [5.41, 5.74) is 7.40. The maximum atomic E-state index is 12.7. The lowest BCUT2D eigenvalue weighted by atomic mass is 9.87. The standard InChI is InChI=1S/C32H31N5O2S/c1-21-9-16-25(17-10-21)37-30(23-11-14-24(15-12-23)32(2,3)4)35-36-31(37)40-20-29(39)34-33-19-27-26-8-6-5-7-22(26)13-18-28(27)38/h5-19,38H,20H2,1-4H3,(H,34,39)/b33-19-. The van der Waals surface area contributed by atoms with Crippen molar-refractivity contribution in [2.45, 2.75) is 38.3 Å². The Morgan fingerprint density at radius 2 is 1.70 bits per heavy atom. The normalized spacial score (nSPS) is 11.8. The van der Waals surface area contributed by atoms with Crippen LogP contribution in [0.2, 0.25) is 0 Å². The quantitative estimate of drug-likeness (QED) is 0.135. The van der Waals surface area contributed by atoms with Crippen LogP contribution in [-0.2, 0) is 10.2 Å². The number of rotatable bonds is 7. The second kappa shape index (κ2) is 11.4. The lowest BCUT2D eigenvalue weighted by molar-refractivity contribution is -0.118. The zero-order chi connectivity index (χ0) is 28.3. The fourth-order valence-electron chi connectivity index (χ4n) is 4.35. The van der Waals surface area contributed by atoms with E-state index in [4.69, 9.17) is 0 Å². The van der Waals surface area contributed by atoms with Gasteiger partial charge in [-0.15, -0.1) is 10.2 Å². The smallest absolute Gasteiger partial charge is 0.250 e. The number of carbonyl (C=O) groups excluding carboxylic acids is 1. The SMILES string of the molecule is Cc1ccc(-n2c(SCC(=O)N/N=C\c3c(O)ccc4ccccc34)nnc2-c2ccc(C(C)(C)C)cc2)cc1. The van der Waals surface area contributed by atoms with Crippen LogP contribution < -0.4 is 5.43 Å². The minimum Gasteiger partial charge on any atom is -0.507 e. The summed E-state index contributed by atoms with van der Waals surface area (Å²) < 4.78 is 1.97. The van der Waals surface area contributed by atoms with E-state index in [0.29, 0.717) is 16.5 Å². The van der Waals surface area contributed by atoms with E-state index in [1.54, 1.807) is 6.07 Å². The maximum absolute atomic E-state index is 12.7. The Morgan fingerprint density at radius 1 is 0.975 bits per heavy atom. The molecule has 5 aromatic rings. The zero-order valence-electron chi connectivity index (χ0n) is 22.9. The van der Waals surface area contributed by atoms with Crippen LogP contribution in [0.3, 0.4) is 0 Å². The van der Waals surface area contributed by atoms with Crippen LogP contribution in [0, 0.1) is 6.92 Å². The molecular formula is C32H31N5O2S. The first-order chi connectivity index (χ1) is 19.2. The summed E-state index contributed by atoms with van der Waals surface area (Å²) in [6.07, 6.45) is 1.47. The molecule has 202 valence electrons. The van der Waals surface area contributed by atoms with Gasteiger partial charge in [-0.2, -0.15) is 5.10 Å². The molecule has 0 unspecified atom stereocenters. The molecular weight excluding hydrogens is 518 g/mol. The van der Waals surface area contributed by atoms with Gasteiger partial charge in [0, 0.05) is 16.8 Å². The van der Waals surface area contributed by atoms with Gasteiger partial charge in [0.05, 0.1) is 12.0 Å². The summed E-state index contributed by atoms with van der Waals surface area (Å²) >= 11 is 1.28. The maximum Gasteiger partial charge on any atom is 0.250 e. The molecule has 0 aliphatic carbocycles. The van der Waals surface area contributed by atoms with Crippen LogP contribution in [0.15, 0.2) is 95.2 Å². The van der Waals surface area contributed by atoms with Gasteiger partial charge in [-0.05, 0) is 46.9 Å². The largest absolute Gasteiger partial charge is 0.507 e. The molecule has 0 aliphatic heterocycles. The fourth-order valence-corrected chi connectivity index (χ4v) is 5.09. The first-order valence-corrected chi connectivity index (χ1v) is 14.0. The first kappa shape index (κ1) is 27.1. The van der Waals surface area contributed by atoms with Crippen molar-refractivity contribution in [3.8, 4) is 22.8 Å². The van der Waals surface area contributed by atoms with E-state index < -0.39 is 0 Å². The number of amides is 1. The second-order valence-corrected chi connectivity index (χ2v) is 11.5. The number of nitrogens with one attached hydrogen (secondary N) is 1. The van der Waals surface area contributed by atoms with Crippen molar-refractivity contribution in [3.63, 3.8) is 0 Å². The van der Waals surface area contributed by atoms with Gasteiger partial charge in [0.25, 0.3) is 5.91 Å². The van der Waals surface area contributed by atoms with E-state index in [0.717, 1.165) is 27.6 Å². The van der Waals surface area contributed by atoms with E-state index in [1.165, 1.54) is 23.5 Å². The van der Waals surface area contributed by atoms with Crippen molar-refractivity contribution >= 4 is 34.7 Å². The molecule has 1 heterocycles. The Bertz CT molecular complexity index is 1680. The molecule has 5 rings (SSSR count). The minimum absolute atomic E-state index is 0.0480. The van der Waals surface area contributed by atoms with Gasteiger partial charge >= 0.3 is 0 Å². The highest BCUT2D eigenvalue weighted by Crippen LogP contribution is 2.30. The molecule has 0 saturated carbocycles. The highest BCUT2D eigenvalue weighted by atomic mass is 32.2. The van der Waals surface area contributed by atoms with Crippen LogP contribution in [0.4, 0.5) is 0 Å². The lowest BCUT2D eigenvalue weighted by Gasteiger charge is -2.19. The zero-order valence-corrected chi connectivity index (χ0v) is 23.7. The molecule has 0 spiro atoms. The number of hydrogen-bond donors (Lipinski definition) is 2. The fraction of sp³-hybridized carbons (Fsp3) is 0.188. The van der Waals surface area contributed by atoms with Crippen molar-refractivity contribution in [1.29, 1.82) is 0 Å². The van der Waals surface area contributed by atoms with Crippen LogP contribution in [-0.4, -0.2) is 37.7 Å². The van der Waals surface area contributed by atoms with Crippen molar-refractivity contribution in [2.24, 2.45) is 5.10 Å². The van der Waals surface area contributed by atoms with E-state index in [2.05, 4.69) is 65.8 Å². The Labute approximate surface area is 238 Å². The number of aryl methyl sites for hydroxylation is 1. The molecule has 7 nitrogen and oxygen atoms in total. The molecule has 0 aliphatic rings. The summed E-state index contributed by atoms with van der Waals surface area (Å²) in [4.78, 5) is 12.7. The molecule has 0 radical (unpaired) electrons. The number of thioether (sulfide) groups is 1. The lowest BCUT2D eigenvalue weighted by Crippen LogP contribution is -2.20. The van der Waals surface area contributed by atoms with Gasteiger partial charge in [-0.1, -0.05) is 105 Å². The predicted molar refractivity (Wildman–Crippen MR) is 162 cm³/mol. The van der Waals surface area contributed by atoms with Crippen LogP contribution in [0.5, 0.6) is 5.75 Å². The molecule has 40 heavy (non-hydrogen) atoms. The Morgan fingerprint density at radius 3 is 2.42 bits per heavy atom. The van der Waals surface area contributed by atoms with Crippen molar-refractivity contribution in [2.75, 3.05) is 5.75 Å². The van der Waals surface area contributed by atoms with E-state index in [9.17, 15) is 9.90 Å². The van der Waals surface area contributed by atoms with Crippen molar-refractivity contribution in [1.82, 2.24) is 20.2 Å². The van der Waals surface area contributed by atoms with Gasteiger partial charge in [-0.3, -0.25) is 9.36 Å². The first-order valence-electron chi connectivity index (χ1n) is 13.0. The molecule has 2 N–H and O–H groups in total. The summed E-state index contributed by atoms with van der Waals surface area (Å²) in [7, 11) is 0.